The summed E-state index contributed by atoms with van der Waals surface area (Å²) in [6.45, 7) is 6.65. The molecule has 0 bridgehead atoms. The summed E-state index contributed by atoms with van der Waals surface area (Å²) in [6.07, 6.45) is 1.05. The van der Waals surface area contributed by atoms with Crippen molar-refractivity contribution in [1.82, 2.24) is 4.90 Å². The van der Waals surface area contributed by atoms with Crippen LogP contribution >= 0.6 is 12.4 Å². The fourth-order valence-corrected chi connectivity index (χ4v) is 3.30. The molecule has 0 radical (unpaired) electrons. The zero-order chi connectivity index (χ0) is 16.4. The highest BCUT2D eigenvalue weighted by atomic mass is 35.5. The van der Waals surface area contributed by atoms with Gasteiger partial charge in [-0.15, -0.1) is 12.4 Å². The second-order valence-electron chi connectivity index (χ2n) is 6.93. The van der Waals surface area contributed by atoms with Gasteiger partial charge in [-0.25, -0.2) is 0 Å². The van der Waals surface area contributed by atoms with Crippen LogP contribution in [0.3, 0.4) is 0 Å². The van der Waals surface area contributed by atoms with Crippen molar-refractivity contribution in [2.75, 3.05) is 25.0 Å². The predicted octanol–water partition coefficient (Wildman–Crippen LogP) is 3.26. The molecule has 1 aliphatic heterocycles. The highest BCUT2D eigenvalue weighted by Gasteiger charge is 2.36. The van der Waals surface area contributed by atoms with E-state index in [1.165, 1.54) is 0 Å². The number of rotatable bonds is 4. The van der Waals surface area contributed by atoms with Gasteiger partial charge in [0.05, 0.1) is 6.04 Å². The van der Waals surface area contributed by atoms with Gasteiger partial charge in [-0.05, 0) is 43.3 Å². The summed E-state index contributed by atoms with van der Waals surface area (Å²) in [5.74, 6) is 0.0441. The summed E-state index contributed by atoms with van der Waals surface area (Å²) in [5.41, 5.74) is 6.87. The normalized spacial score (nSPS) is 22.1. The number of carbonyl (C=O) groups is 1. The first kappa shape index (κ1) is 18.7. The third kappa shape index (κ3) is 3.72. The van der Waals surface area contributed by atoms with Crippen LogP contribution in [-0.4, -0.2) is 36.5 Å². The lowest BCUT2D eigenvalue weighted by Gasteiger charge is -2.26. The lowest BCUT2D eigenvalue weighted by atomic mass is 9.90. The van der Waals surface area contributed by atoms with Crippen molar-refractivity contribution < 1.29 is 4.79 Å². The highest BCUT2D eigenvalue weighted by Crippen LogP contribution is 2.30. The molecule has 1 amide bonds. The van der Waals surface area contributed by atoms with Gasteiger partial charge in [0, 0.05) is 17.6 Å². The van der Waals surface area contributed by atoms with E-state index in [2.05, 4.69) is 29.3 Å². The first-order chi connectivity index (χ1) is 11.0. The molecule has 1 heterocycles. The molecule has 130 valence electrons. The zero-order valence-electron chi connectivity index (χ0n) is 14.3. The minimum Gasteiger partial charge on any atom is -0.330 e. The lowest BCUT2D eigenvalue weighted by molar-refractivity contribution is -0.120. The van der Waals surface area contributed by atoms with E-state index in [9.17, 15) is 4.79 Å². The van der Waals surface area contributed by atoms with Crippen molar-refractivity contribution in [3.05, 3.63) is 42.5 Å². The Hall–Kier alpha value is -1.62. The zero-order valence-corrected chi connectivity index (χ0v) is 15.1. The number of amides is 1. The Labute approximate surface area is 149 Å². The van der Waals surface area contributed by atoms with Crippen LogP contribution in [0.15, 0.2) is 42.5 Å². The summed E-state index contributed by atoms with van der Waals surface area (Å²) < 4.78 is 0. The summed E-state index contributed by atoms with van der Waals surface area (Å²) in [6, 6.07) is 13.9. The van der Waals surface area contributed by atoms with Crippen LogP contribution in [0.4, 0.5) is 5.69 Å². The van der Waals surface area contributed by atoms with E-state index in [1.54, 1.807) is 0 Å². The smallest absolute Gasteiger partial charge is 0.241 e. The van der Waals surface area contributed by atoms with Crippen molar-refractivity contribution in [2.24, 2.45) is 11.1 Å². The van der Waals surface area contributed by atoms with E-state index >= 15 is 0 Å². The number of likely N-dealkylation sites (tertiary alicyclic amines) is 1. The monoisotopic (exact) mass is 347 g/mol. The Kier molecular flexibility index (Phi) is 5.86. The Morgan fingerprint density at radius 3 is 2.71 bits per heavy atom. The Morgan fingerprint density at radius 1 is 1.29 bits per heavy atom. The lowest BCUT2D eigenvalue weighted by Crippen LogP contribution is -2.42. The first-order valence-electron chi connectivity index (χ1n) is 8.25. The summed E-state index contributed by atoms with van der Waals surface area (Å²) in [5, 5.41) is 5.30. The maximum Gasteiger partial charge on any atom is 0.241 e. The molecule has 2 aromatic rings. The van der Waals surface area contributed by atoms with Gasteiger partial charge >= 0.3 is 0 Å². The molecule has 2 unspecified atom stereocenters. The van der Waals surface area contributed by atoms with E-state index in [0.717, 1.165) is 36.0 Å². The molecule has 24 heavy (non-hydrogen) atoms. The average Bonchev–Trinajstić information content (AvgIpc) is 2.97. The Bertz CT molecular complexity index is 715. The van der Waals surface area contributed by atoms with Crippen molar-refractivity contribution in [3.63, 3.8) is 0 Å². The molecule has 3 rings (SSSR count). The highest BCUT2D eigenvalue weighted by molar-refractivity contribution is 6.03. The van der Waals surface area contributed by atoms with Gasteiger partial charge in [-0.1, -0.05) is 43.3 Å². The van der Waals surface area contributed by atoms with E-state index in [1.807, 2.05) is 37.3 Å². The van der Waals surface area contributed by atoms with Crippen LogP contribution in [0.25, 0.3) is 10.8 Å². The number of benzene rings is 2. The third-order valence-corrected chi connectivity index (χ3v) is 5.05. The molecule has 1 aliphatic rings. The van der Waals surface area contributed by atoms with E-state index < -0.39 is 0 Å². The van der Waals surface area contributed by atoms with Crippen LogP contribution < -0.4 is 11.1 Å². The Balaban J connectivity index is 0.00000208. The quantitative estimate of drug-likeness (QED) is 0.892. The summed E-state index contributed by atoms with van der Waals surface area (Å²) in [4.78, 5) is 14.9. The van der Waals surface area contributed by atoms with Crippen molar-refractivity contribution in [1.29, 1.82) is 0 Å². The van der Waals surface area contributed by atoms with Gasteiger partial charge in [0.1, 0.15) is 0 Å². The number of nitrogens with two attached hydrogens (primary N) is 1. The number of hydrogen-bond donors (Lipinski definition) is 2. The largest absolute Gasteiger partial charge is 0.330 e. The SMILES string of the molecule is CC(C(=O)Nc1cccc2ccccc12)N1CCC(C)(CN)C1.Cl. The molecule has 0 aromatic heterocycles. The van der Waals surface area contributed by atoms with E-state index in [4.69, 9.17) is 5.73 Å². The van der Waals surface area contributed by atoms with E-state index in [-0.39, 0.29) is 29.8 Å². The van der Waals surface area contributed by atoms with Gasteiger partial charge in [-0.3, -0.25) is 9.69 Å². The molecule has 0 saturated carbocycles. The van der Waals surface area contributed by atoms with Gasteiger partial charge in [0.25, 0.3) is 0 Å². The van der Waals surface area contributed by atoms with Gasteiger partial charge < -0.3 is 11.1 Å². The maximum absolute atomic E-state index is 12.7. The van der Waals surface area contributed by atoms with Crippen LogP contribution in [0.1, 0.15) is 20.3 Å². The number of halogens is 1. The summed E-state index contributed by atoms with van der Waals surface area (Å²) in [7, 11) is 0. The number of hydrogen-bond acceptors (Lipinski definition) is 3. The molecule has 2 atom stereocenters. The van der Waals surface area contributed by atoms with Crippen molar-refractivity contribution >= 4 is 34.8 Å². The average molecular weight is 348 g/mol. The molecule has 4 nitrogen and oxygen atoms in total. The molecule has 0 aliphatic carbocycles. The number of fused-ring (bicyclic) bond motifs is 1. The van der Waals surface area contributed by atoms with Gasteiger partial charge in [0.15, 0.2) is 0 Å². The first-order valence-corrected chi connectivity index (χ1v) is 8.25. The molecular weight excluding hydrogens is 322 g/mol. The molecule has 2 aromatic carbocycles. The molecule has 0 spiro atoms. The van der Waals surface area contributed by atoms with Gasteiger partial charge in [0.2, 0.25) is 5.91 Å². The number of anilines is 1. The second kappa shape index (κ2) is 7.51. The molecule has 3 N–H and O–H groups in total. The molecular formula is C19H26ClN3O. The van der Waals surface area contributed by atoms with Gasteiger partial charge in [-0.2, -0.15) is 0 Å². The van der Waals surface area contributed by atoms with Crippen LogP contribution in [0.2, 0.25) is 0 Å². The second-order valence-corrected chi connectivity index (χ2v) is 6.93. The fourth-order valence-electron chi connectivity index (χ4n) is 3.30. The Morgan fingerprint density at radius 2 is 2.00 bits per heavy atom. The van der Waals surface area contributed by atoms with Crippen LogP contribution in [0, 0.1) is 5.41 Å². The minimum atomic E-state index is -0.151. The number of carbonyl (C=O) groups excluding carboxylic acids is 1. The maximum atomic E-state index is 12.7. The van der Waals surface area contributed by atoms with Crippen LogP contribution in [-0.2, 0) is 4.79 Å². The van der Waals surface area contributed by atoms with Crippen LogP contribution in [0.5, 0.6) is 0 Å². The van der Waals surface area contributed by atoms with Crippen molar-refractivity contribution in [3.8, 4) is 0 Å². The van der Waals surface area contributed by atoms with E-state index in [0.29, 0.717) is 6.54 Å². The number of nitrogens with zero attached hydrogens (tertiary/aromatic N) is 1. The predicted molar refractivity (Wildman–Crippen MR) is 103 cm³/mol. The van der Waals surface area contributed by atoms with Crippen molar-refractivity contribution in [2.45, 2.75) is 26.3 Å². The number of nitrogens with one attached hydrogen (secondary N) is 1. The molecule has 1 fully saturated rings. The fraction of sp³-hybridized carbons (Fsp3) is 0.421. The minimum absolute atomic E-state index is 0. The molecule has 5 heteroatoms. The molecule has 1 saturated heterocycles. The summed E-state index contributed by atoms with van der Waals surface area (Å²) >= 11 is 0. The topological polar surface area (TPSA) is 58.4 Å². The third-order valence-electron chi connectivity index (χ3n) is 5.05. The standard InChI is InChI=1S/C19H25N3O.ClH/c1-14(22-11-10-19(2,12-20)13-22)18(23)21-17-9-5-7-15-6-3-4-8-16(15)17;/h3-9,14H,10-13,20H2,1-2H3,(H,21,23);1H.